The number of aliphatic hydroxyl groups excluding tert-OH is 2. The van der Waals surface area contributed by atoms with E-state index in [1.165, 1.54) is 0 Å². The molecular weight excluding hydrogens is 390 g/mol. The maximum atomic E-state index is 11.8. The van der Waals surface area contributed by atoms with Crippen molar-refractivity contribution in [3.05, 3.63) is 17.7 Å². The largest absolute Gasteiger partial charge is 0.490 e. The first-order chi connectivity index (χ1) is 14.7. The topological polar surface area (TPSA) is 113 Å². The molecule has 0 saturated carbocycles. The lowest BCUT2D eigenvalue weighted by molar-refractivity contribution is -0.116. The van der Waals surface area contributed by atoms with Crippen LogP contribution in [0.1, 0.15) is 18.4 Å². The Kier molecular flexibility index (Phi) is 9.16. The first-order valence-electron chi connectivity index (χ1n) is 10.7. The second kappa shape index (κ2) is 12.1. The summed E-state index contributed by atoms with van der Waals surface area (Å²) in [5.41, 5.74) is 1.45. The molecule has 1 amide bonds. The standard InChI is InChI=1S/C21H33N3O6/c25-10-13-29-19-4-3-18(17-2-5-20(27)23-21(17)19)30-15-16(26)14-22-6-1-7-24-8-11-28-12-9-24/h3-4,16,22,25-26H,1-2,5-15H2,(H,23,27). The number of ether oxygens (including phenoxy) is 3. The summed E-state index contributed by atoms with van der Waals surface area (Å²) in [5, 5.41) is 25.3. The summed E-state index contributed by atoms with van der Waals surface area (Å²) < 4.78 is 16.7. The van der Waals surface area contributed by atoms with Gasteiger partial charge in [0, 0.05) is 31.6 Å². The van der Waals surface area contributed by atoms with Crippen molar-refractivity contribution in [1.29, 1.82) is 0 Å². The molecule has 9 nitrogen and oxygen atoms in total. The highest BCUT2D eigenvalue weighted by atomic mass is 16.5. The van der Waals surface area contributed by atoms with E-state index >= 15 is 0 Å². The van der Waals surface area contributed by atoms with Crippen LogP contribution in [-0.4, -0.2) is 92.9 Å². The average molecular weight is 424 g/mol. The van der Waals surface area contributed by atoms with E-state index < -0.39 is 6.10 Å². The number of benzene rings is 1. The number of amides is 1. The third-order valence-corrected chi connectivity index (χ3v) is 5.19. The zero-order valence-corrected chi connectivity index (χ0v) is 17.4. The van der Waals surface area contributed by atoms with Crippen molar-refractivity contribution < 1.29 is 29.2 Å². The quantitative estimate of drug-likeness (QED) is 0.348. The van der Waals surface area contributed by atoms with Gasteiger partial charge < -0.3 is 35.1 Å². The van der Waals surface area contributed by atoms with E-state index in [1.807, 2.05) is 0 Å². The zero-order chi connectivity index (χ0) is 21.2. The number of carbonyl (C=O) groups is 1. The van der Waals surface area contributed by atoms with Gasteiger partial charge in [-0.3, -0.25) is 9.69 Å². The van der Waals surface area contributed by atoms with Crippen molar-refractivity contribution in [3.63, 3.8) is 0 Å². The maximum absolute atomic E-state index is 11.8. The number of carbonyl (C=O) groups excluding carboxylic acids is 1. The van der Waals surface area contributed by atoms with E-state index in [4.69, 9.17) is 19.3 Å². The van der Waals surface area contributed by atoms with Crippen LogP contribution < -0.4 is 20.1 Å². The summed E-state index contributed by atoms with van der Waals surface area (Å²) in [7, 11) is 0. The molecule has 30 heavy (non-hydrogen) atoms. The normalized spacial score (nSPS) is 17.9. The Bertz CT molecular complexity index is 681. The third-order valence-electron chi connectivity index (χ3n) is 5.19. The second-order valence-electron chi connectivity index (χ2n) is 7.51. The lowest BCUT2D eigenvalue weighted by Crippen LogP contribution is -2.38. The smallest absolute Gasteiger partial charge is 0.224 e. The Balaban J connectivity index is 1.42. The summed E-state index contributed by atoms with van der Waals surface area (Å²) in [6.45, 7) is 6.14. The molecule has 1 atom stereocenters. The molecule has 1 unspecified atom stereocenters. The molecule has 0 aromatic heterocycles. The van der Waals surface area contributed by atoms with Gasteiger partial charge in [-0.1, -0.05) is 0 Å². The summed E-state index contributed by atoms with van der Waals surface area (Å²) >= 11 is 0. The van der Waals surface area contributed by atoms with Gasteiger partial charge in [-0.2, -0.15) is 0 Å². The number of aliphatic hydroxyl groups is 2. The summed E-state index contributed by atoms with van der Waals surface area (Å²) in [6, 6.07) is 3.50. The molecule has 3 rings (SSSR count). The lowest BCUT2D eigenvalue weighted by Gasteiger charge is -2.26. The van der Waals surface area contributed by atoms with Gasteiger partial charge in [-0.05, 0) is 38.1 Å². The maximum Gasteiger partial charge on any atom is 0.224 e. The Morgan fingerprint density at radius 3 is 2.80 bits per heavy atom. The van der Waals surface area contributed by atoms with E-state index in [0.717, 1.165) is 51.4 Å². The second-order valence-corrected chi connectivity index (χ2v) is 7.51. The molecular formula is C21H33N3O6. The fourth-order valence-corrected chi connectivity index (χ4v) is 3.61. The molecule has 168 valence electrons. The van der Waals surface area contributed by atoms with E-state index in [1.54, 1.807) is 12.1 Å². The minimum absolute atomic E-state index is 0.0742. The average Bonchev–Trinajstić information content (AvgIpc) is 2.77. The van der Waals surface area contributed by atoms with E-state index in [-0.39, 0.29) is 25.7 Å². The van der Waals surface area contributed by atoms with Crippen LogP contribution in [-0.2, 0) is 16.0 Å². The Labute approximate surface area is 177 Å². The molecule has 1 saturated heterocycles. The third kappa shape index (κ3) is 6.82. The number of nitrogens with one attached hydrogen (secondary N) is 2. The molecule has 1 fully saturated rings. The molecule has 0 spiro atoms. The Morgan fingerprint density at radius 2 is 2.00 bits per heavy atom. The first-order valence-corrected chi connectivity index (χ1v) is 10.7. The van der Waals surface area contributed by atoms with Gasteiger partial charge in [-0.25, -0.2) is 0 Å². The molecule has 2 aliphatic heterocycles. The molecule has 0 aliphatic carbocycles. The molecule has 2 heterocycles. The molecule has 1 aromatic rings. The van der Waals surface area contributed by atoms with Gasteiger partial charge in [0.05, 0.1) is 25.5 Å². The zero-order valence-electron chi connectivity index (χ0n) is 17.4. The van der Waals surface area contributed by atoms with Crippen molar-refractivity contribution in [2.75, 3.05) is 71.1 Å². The number of hydrogen-bond donors (Lipinski definition) is 4. The predicted octanol–water partition coefficient (Wildman–Crippen LogP) is -0.00600. The van der Waals surface area contributed by atoms with Crippen LogP contribution in [0, 0.1) is 0 Å². The van der Waals surface area contributed by atoms with Gasteiger partial charge >= 0.3 is 0 Å². The van der Waals surface area contributed by atoms with Crippen molar-refractivity contribution in [1.82, 2.24) is 10.2 Å². The molecule has 1 aromatic carbocycles. The fourth-order valence-electron chi connectivity index (χ4n) is 3.61. The highest BCUT2D eigenvalue weighted by molar-refractivity contribution is 5.96. The number of anilines is 1. The lowest BCUT2D eigenvalue weighted by atomic mass is 10.0. The van der Waals surface area contributed by atoms with Gasteiger partial charge in [0.25, 0.3) is 0 Å². The number of nitrogens with zero attached hydrogens (tertiary/aromatic N) is 1. The number of fused-ring (bicyclic) bond motifs is 1. The minimum Gasteiger partial charge on any atom is -0.490 e. The summed E-state index contributed by atoms with van der Waals surface area (Å²) in [4.78, 5) is 14.2. The van der Waals surface area contributed by atoms with E-state index in [2.05, 4.69) is 15.5 Å². The van der Waals surface area contributed by atoms with Crippen molar-refractivity contribution in [2.45, 2.75) is 25.4 Å². The van der Waals surface area contributed by atoms with E-state index in [0.29, 0.717) is 36.6 Å². The monoisotopic (exact) mass is 423 g/mol. The van der Waals surface area contributed by atoms with Crippen molar-refractivity contribution in [2.24, 2.45) is 0 Å². The molecule has 9 heteroatoms. The van der Waals surface area contributed by atoms with Gasteiger partial charge in [-0.15, -0.1) is 0 Å². The van der Waals surface area contributed by atoms with Crippen LogP contribution in [0.2, 0.25) is 0 Å². The van der Waals surface area contributed by atoms with Gasteiger partial charge in [0.2, 0.25) is 5.91 Å². The SMILES string of the molecule is O=C1CCc2c(OCC(O)CNCCCN3CCOCC3)ccc(OCCO)c2N1. The predicted molar refractivity (Wildman–Crippen MR) is 112 cm³/mol. The number of rotatable bonds is 12. The Hall–Kier alpha value is -1.91. The summed E-state index contributed by atoms with van der Waals surface area (Å²) in [6.07, 6.45) is 1.31. The van der Waals surface area contributed by atoms with Gasteiger partial charge in [0.1, 0.15) is 30.8 Å². The minimum atomic E-state index is -0.632. The summed E-state index contributed by atoms with van der Waals surface area (Å²) in [5.74, 6) is 1.07. The Morgan fingerprint density at radius 1 is 1.20 bits per heavy atom. The van der Waals surface area contributed by atoms with E-state index in [9.17, 15) is 9.90 Å². The van der Waals surface area contributed by atoms with Crippen LogP contribution in [0.4, 0.5) is 5.69 Å². The van der Waals surface area contributed by atoms with Crippen LogP contribution in [0.5, 0.6) is 11.5 Å². The molecule has 0 bridgehead atoms. The molecule has 2 aliphatic rings. The number of hydrogen-bond acceptors (Lipinski definition) is 8. The van der Waals surface area contributed by atoms with Crippen molar-refractivity contribution >= 4 is 11.6 Å². The van der Waals surface area contributed by atoms with Crippen LogP contribution in [0.25, 0.3) is 0 Å². The first kappa shape index (κ1) is 22.8. The molecule has 0 radical (unpaired) electrons. The highest BCUT2D eigenvalue weighted by Gasteiger charge is 2.23. The van der Waals surface area contributed by atoms with Crippen LogP contribution in [0.3, 0.4) is 0 Å². The molecule has 4 N–H and O–H groups in total. The van der Waals surface area contributed by atoms with Crippen molar-refractivity contribution in [3.8, 4) is 11.5 Å². The van der Waals surface area contributed by atoms with Crippen LogP contribution >= 0.6 is 0 Å². The fraction of sp³-hybridized carbons (Fsp3) is 0.667. The van der Waals surface area contributed by atoms with Crippen LogP contribution in [0.15, 0.2) is 12.1 Å². The number of morpholine rings is 1. The highest BCUT2D eigenvalue weighted by Crippen LogP contribution is 2.38. The van der Waals surface area contributed by atoms with Gasteiger partial charge in [0.15, 0.2) is 0 Å².